The maximum absolute atomic E-state index is 12.4. The summed E-state index contributed by atoms with van der Waals surface area (Å²) in [7, 11) is 0. The molecule has 0 unspecified atom stereocenters. The van der Waals surface area contributed by atoms with Gasteiger partial charge in [0.25, 0.3) is 5.91 Å². The number of rotatable bonds is 7. The number of amides is 1. The minimum atomic E-state index is -0.396. The molecule has 2 aromatic heterocycles. The van der Waals surface area contributed by atoms with Gasteiger partial charge in [0.1, 0.15) is 12.1 Å². The summed E-state index contributed by atoms with van der Waals surface area (Å²) in [6.07, 6.45) is 3.22. The van der Waals surface area contributed by atoms with Crippen molar-refractivity contribution in [2.24, 2.45) is 0 Å². The Morgan fingerprint density at radius 2 is 1.79 bits per heavy atom. The van der Waals surface area contributed by atoms with Crippen LogP contribution >= 0.6 is 11.6 Å². The molecule has 0 radical (unpaired) electrons. The monoisotopic (exact) mass is 408 g/mol. The van der Waals surface area contributed by atoms with E-state index in [1.807, 2.05) is 54.6 Å². The maximum Gasteiger partial charge on any atom is 0.278 e. The van der Waals surface area contributed by atoms with E-state index in [0.29, 0.717) is 11.6 Å². The zero-order valence-electron chi connectivity index (χ0n) is 15.3. The van der Waals surface area contributed by atoms with E-state index in [9.17, 15) is 4.79 Å². The Kier molecular flexibility index (Phi) is 5.53. The van der Waals surface area contributed by atoms with E-state index in [2.05, 4.69) is 20.5 Å². The van der Waals surface area contributed by atoms with E-state index in [4.69, 9.17) is 16.3 Å². The van der Waals surface area contributed by atoms with Crippen molar-refractivity contribution < 1.29 is 9.53 Å². The molecule has 0 saturated heterocycles. The Labute approximate surface area is 171 Å². The standard InChI is InChI=1S/C20H17ClN6O2/c21-16-8-6-15(7-9-16)12-27-13-22-20(25-27)23-19(28)18-10-11-26(24-18)14-29-17-4-2-1-3-5-17/h1-11,13H,12,14H2,(H,23,25,28). The molecule has 0 atom stereocenters. The number of carbonyl (C=O) groups excluding carboxylic acids is 1. The largest absolute Gasteiger partial charge is 0.471 e. The van der Waals surface area contributed by atoms with Gasteiger partial charge in [0.2, 0.25) is 5.95 Å². The van der Waals surface area contributed by atoms with Crippen LogP contribution in [-0.4, -0.2) is 30.5 Å². The highest BCUT2D eigenvalue weighted by Crippen LogP contribution is 2.11. The normalized spacial score (nSPS) is 10.7. The molecule has 0 fully saturated rings. The molecular formula is C20H17ClN6O2. The van der Waals surface area contributed by atoms with E-state index in [1.54, 1.807) is 23.3 Å². The third kappa shape index (κ3) is 4.99. The molecule has 0 aliphatic carbocycles. The zero-order valence-corrected chi connectivity index (χ0v) is 16.0. The average molecular weight is 409 g/mol. The molecule has 146 valence electrons. The van der Waals surface area contributed by atoms with E-state index in [1.165, 1.54) is 4.68 Å². The second-order valence-electron chi connectivity index (χ2n) is 6.17. The Balaban J connectivity index is 1.33. The lowest BCUT2D eigenvalue weighted by Gasteiger charge is -2.05. The van der Waals surface area contributed by atoms with Crippen molar-refractivity contribution in [2.45, 2.75) is 13.3 Å². The summed E-state index contributed by atoms with van der Waals surface area (Å²) in [5.74, 6) is 0.538. The number of hydrogen-bond donors (Lipinski definition) is 1. The van der Waals surface area contributed by atoms with E-state index >= 15 is 0 Å². The first-order chi connectivity index (χ1) is 14.2. The molecule has 29 heavy (non-hydrogen) atoms. The van der Waals surface area contributed by atoms with Gasteiger partial charge in [-0.05, 0) is 35.9 Å². The molecule has 9 heteroatoms. The third-order valence-electron chi connectivity index (χ3n) is 4.00. The summed E-state index contributed by atoms with van der Waals surface area (Å²) in [5, 5.41) is 11.8. The number of hydrogen-bond acceptors (Lipinski definition) is 5. The van der Waals surface area contributed by atoms with Crippen LogP contribution in [-0.2, 0) is 13.3 Å². The van der Waals surface area contributed by atoms with Crippen LogP contribution in [0.25, 0.3) is 0 Å². The van der Waals surface area contributed by atoms with Gasteiger partial charge in [-0.3, -0.25) is 10.1 Å². The lowest BCUT2D eigenvalue weighted by atomic mass is 10.2. The number of anilines is 1. The van der Waals surface area contributed by atoms with Crippen molar-refractivity contribution >= 4 is 23.5 Å². The van der Waals surface area contributed by atoms with Crippen molar-refractivity contribution in [1.82, 2.24) is 24.5 Å². The summed E-state index contributed by atoms with van der Waals surface area (Å²) >= 11 is 5.89. The number of nitrogens with one attached hydrogen (secondary N) is 1. The van der Waals surface area contributed by atoms with Gasteiger partial charge in [-0.2, -0.15) is 5.10 Å². The van der Waals surface area contributed by atoms with Crippen LogP contribution in [0.4, 0.5) is 5.95 Å². The summed E-state index contributed by atoms with van der Waals surface area (Å²) < 4.78 is 8.77. The highest BCUT2D eigenvalue weighted by atomic mass is 35.5. The third-order valence-corrected chi connectivity index (χ3v) is 4.25. The topological polar surface area (TPSA) is 86.9 Å². The first-order valence-corrected chi connectivity index (χ1v) is 9.20. The van der Waals surface area contributed by atoms with E-state index in [0.717, 1.165) is 11.3 Å². The van der Waals surface area contributed by atoms with Crippen molar-refractivity contribution in [3.05, 3.63) is 89.5 Å². The van der Waals surface area contributed by atoms with Gasteiger partial charge in [0.05, 0.1) is 6.54 Å². The van der Waals surface area contributed by atoms with Gasteiger partial charge < -0.3 is 4.74 Å². The van der Waals surface area contributed by atoms with Crippen LogP contribution in [0.3, 0.4) is 0 Å². The zero-order chi connectivity index (χ0) is 20.1. The van der Waals surface area contributed by atoms with Crippen LogP contribution in [0.2, 0.25) is 5.02 Å². The number of benzene rings is 2. The summed E-state index contributed by atoms with van der Waals surface area (Å²) in [4.78, 5) is 16.5. The quantitative estimate of drug-likeness (QED) is 0.506. The average Bonchev–Trinajstić information content (AvgIpc) is 3.39. The molecule has 2 aromatic carbocycles. The first-order valence-electron chi connectivity index (χ1n) is 8.82. The molecule has 1 N–H and O–H groups in total. The molecule has 0 bridgehead atoms. The molecule has 1 amide bonds. The van der Waals surface area contributed by atoms with Crippen molar-refractivity contribution in [3.8, 4) is 5.75 Å². The molecule has 2 heterocycles. The van der Waals surface area contributed by atoms with E-state index in [-0.39, 0.29) is 18.4 Å². The highest BCUT2D eigenvalue weighted by Gasteiger charge is 2.12. The summed E-state index contributed by atoms with van der Waals surface area (Å²) in [6.45, 7) is 0.719. The number of para-hydroxylation sites is 1. The number of aromatic nitrogens is 5. The summed E-state index contributed by atoms with van der Waals surface area (Å²) in [6, 6.07) is 18.4. The van der Waals surface area contributed by atoms with Gasteiger partial charge in [-0.1, -0.05) is 41.9 Å². The fraction of sp³-hybridized carbons (Fsp3) is 0.100. The smallest absolute Gasteiger partial charge is 0.278 e. The minimum Gasteiger partial charge on any atom is -0.471 e. The number of ether oxygens (including phenoxy) is 1. The Morgan fingerprint density at radius 3 is 2.59 bits per heavy atom. The lowest BCUT2D eigenvalue weighted by molar-refractivity contribution is 0.101. The molecule has 0 aliphatic heterocycles. The molecule has 0 aliphatic rings. The second-order valence-corrected chi connectivity index (χ2v) is 6.61. The Morgan fingerprint density at radius 1 is 1.00 bits per heavy atom. The SMILES string of the molecule is O=C(Nc1ncn(Cc2ccc(Cl)cc2)n1)c1ccn(COc2ccccc2)n1. The molecule has 4 aromatic rings. The highest BCUT2D eigenvalue weighted by molar-refractivity contribution is 6.30. The number of nitrogens with zero attached hydrogens (tertiary/aromatic N) is 5. The van der Waals surface area contributed by atoms with Gasteiger partial charge in [0, 0.05) is 11.2 Å². The fourth-order valence-electron chi connectivity index (χ4n) is 2.58. The number of halogens is 1. The fourth-order valence-corrected chi connectivity index (χ4v) is 2.71. The van der Waals surface area contributed by atoms with Crippen molar-refractivity contribution in [1.29, 1.82) is 0 Å². The van der Waals surface area contributed by atoms with Crippen LogP contribution in [0.15, 0.2) is 73.2 Å². The predicted octanol–water partition coefficient (Wildman–Crippen LogP) is 3.47. The Bertz CT molecular complexity index is 1090. The molecule has 8 nitrogen and oxygen atoms in total. The van der Waals surface area contributed by atoms with Crippen molar-refractivity contribution in [2.75, 3.05) is 5.32 Å². The minimum absolute atomic E-state index is 0.200. The maximum atomic E-state index is 12.4. The molecule has 0 saturated carbocycles. The van der Waals surface area contributed by atoms with Crippen LogP contribution in [0.5, 0.6) is 5.75 Å². The van der Waals surface area contributed by atoms with Crippen LogP contribution in [0, 0.1) is 0 Å². The van der Waals surface area contributed by atoms with Gasteiger partial charge >= 0.3 is 0 Å². The molecule has 4 rings (SSSR count). The van der Waals surface area contributed by atoms with Gasteiger partial charge in [0.15, 0.2) is 12.4 Å². The number of carbonyl (C=O) groups is 1. The van der Waals surface area contributed by atoms with E-state index < -0.39 is 5.91 Å². The predicted molar refractivity (Wildman–Crippen MR) is 108 cm³/mol. The first kappa shape index (κ1) is 18.7. The lowest BCUT2D eigenvalue weighted by Crippen LogP contribution is -2.15. The second kappa shape index (κ2) is 8.57. The summed E-state index contributed by atoms with van der Waals surface area (Å²) in [5.41, 5.74) is 1.27. The van der Waals surface area contributed by atoms with Gasteiger partial charge in [-0.25, -0.2) is 14.3 Å². The van der Waals surface area contributed by atoms with Crippen LogP contribution < -0.4 is 10.1 Å². The van der Waals surface area contributed by atoms with Crippen molar-refractivity contribution in [3.63, 3.8) is 0 Å². The van der Waals surface area contributed by atoms with Crippen LogP contribution in [0.1, 0.15) is 16.1 Å². The van der Waals surface area contributed by atoms with Gasteiger partial charge in [-0.15, -0.1) is 5.10 Å². The molecule has 0 spiro atoms. The molecular weight excluding hydrogens is 392 g/mol. The Hall–Kier alpha value is -3.65.